The lowest BCUT2D eigenvalue weighted by Gasteiger charge is -2.33. The van der Waals surface area contributed by atoms with Crippen LogP contribution in [0.25, 0.3) is 0 Å². The summed E-state index contributed by atoms with van der Waals surface area (Å²) in [5.74, 6) is 0.283. The molecule has 3 N–H and O–H groups in total. The lowest BCUT2D eigenvalue weighted by atomic mass is 9.95. The summed E-state index contributed by atoms with van der Waals surface area (Å²) in [5, 5.41) is 2.73. The van der Waals surface area contributed by atoms with Gasteiger partial charge in [-0.1, -0.05) is 12.2 Å². The number of rotatable bonds is 3. The van der Waals surface area contributed by atoms with Gasteiger partial charge in [-0.05, 0) is 47.0 Å². The lowest BCUT2D eigenvalue weighted by molar-refractivity contribution is -0.125. The highest BCUT2D eigenvalue weighted by Gasteiger charge is 2.24. The van der Waals surface area contributed by atoms with E-state index in [1.165, 1.54) is 0 Å². The van der Waals surface area contributed by atoms with E-state index in [1.54, 1.807) is 7.05 Å². The van der Waals surface area contributed by atoms with Crippen LogP contribution in [-0.4, -0.2) is 31.0 Å². The van der Waals surface area contributed by atoms with Crippen LogP contribution in [0.5, 0.6) is 0 Å². The van der Waals surface area contributed by atoms with Crippen molar-refractivity contribution < 1.29 is 4.79 Å². The number of halogens is 1. The third-order valence-corrected chi connectivity index (χ3v) is 4.57. The van der Waals surface area contributed by atoms with Gasteiger partial charge in [-0.25, -0.2) is 0 Å². The Morgan fingerprint density at radius 2 is 2.10 bits per heavy atom. The fourth-order valence-corrected chi connectivity index (χ4v) is 3.39. The average Bonchev–Trinajstić information content (AvgIpc) is 2.46. The molecule has 0 unspecified atom stereocenters. The third kappa shape index (κ3) is 3.30. The molecule has 20 heavy (non-hydrogen) atoms. The van der Waals surface area contributed by atoms with Gasteiger partial charge in [-0.2, -0.15) is 0 Å². The first kappa shape index (κ1) is 15.3. The van der Waals surface area contributed by atoms with Gasteiger partial charge < -0.3 is 16.0 Å². The van der Waals surface area contributed by atoms with Gasteiger partial charge in [0, 0.05) is 41.8 Å². The Balaban J connectivity index is 2.06. The molecule has 1 fully saturated rings. The standard InChI is InChI=1S/C14H18BrN3OS/c1-17-14(19)9-4-6-18(7-5-9)10-2-3-11(13(16)20)12(15)8-10/h2-3,8-9H,4-7H2,1H3,(H2,16,20)(H,17,19). The SMILES string of the molecule is CNC(=O)C1CCN(c2ccc(C(N)=S)c(Br)c2)CC1. The quantitative estimate of drug-likeness (QED) is 0.814. The summed E-state index contributed by atoms with van der Waals surface area (Å²) >= 11 is 8.50. The highest BCUT2D eigenvalue weighted by molar-refractivity contribution is 9.10. The number of carbonyl (C=O) groups excluding carboxylic acids is 1. The molecule has 1 amide bonds. The molecule has 1 saturated heterocycles. The van der Waals surface area contributed by atoms with Crippen molar-refractivity contribution in [2.75, 3.05) is 25.0 Å². The van der Waals surface area contributed by atoms with Crippen molar-refractivity contribution in [1.82, 2.24) is 5.32 Å². The minimum absolute atomic E-state index is 0.135. The van der Waals surface area contributed by atoms with Crippen LogP contribution < -0.4 is 16.0 Å². The van der Waals surface area contributed by atoms with E-state index in [0.29, 0.717) is 4.99 Å². The van der Waals surface area contributed by atoms with Crippen molar-refractivity contribution in [2.24, 2.45) is 11.7 Å². The predicted octanol–water partition coefficient (Wildman–Crippen LogP) is 2.05. The van der Waals surface area contributed by atoms with Crippen molar-refractivity contribution in [2.45, 2.75) is 12.8 Å². The van der Waals surface area contributed by atoms with Gasteiger partial charge >= 0.3 is 0 Å². The molecule has 0 saturated carbocycles. The number of thiocarbonyl (C=S) groups is 1. The van der Waals surface area contributed by atoms with Gasteiger partial charge in [0.25, 0.3) is 0 Å². The zero-order valence-corrected chi connectivity index (χ0v) is 13.8. The predicted molar refractivity (Wildman–Crippen MR) is 89.0 cm³/mol. The maximum atomic E-state index is 11.6. The summed E-state index contributed by atoms with van der Waals surface area (Å²) in [6, 6.07) is 6.00. The van der Waals surface area contributed by atoms with Crippen LogP contribution in [0.15, 0.2) is 22.7 Å². The molecule has 108 valence electrons. The van der Waals surface area contributed by atoms with Crippen molar-refractivity contribution in [3.63, 3.8) is 0 Å². The maximum absolute atomic E-state index is 11.6. The van der Waals surface area contributed by atoms with Crippen LogP contribution in [0.1, 0.15) is 18.4 Å². The van der Waals surface area contributed by atoms with Gasteiger partial charge in [0.2, 0.25) is 5.91 Å². The van der Waals surface area contributed by atoms with E-state index in [9.17, 15) is 4.79 Å². The molecule has 0 spiro atoms. The number of anilines is 1. The molecule has 1 aliphatic heterocycles. The molecule has 1 aromatic rings. The minimum Gasteiger partial charge on any atom is -0.389 e. The molecule has 0 atom stereocenters. The number of benzene rings is 1. The number of piperidine rings is 1. The Morgan fingerprint density at radius 1 is 1.45 bits per heavy atom. The monoisotopic (exact) mass is 355 g/mol. The van der Waals surface area contributed by atoms with Crippen LogP contribution in [0, 0.1) is 5.92 Å². The number of hydrogen-bond acceptors (Lipinski definition) is 3. The van der Waals surface area contributed by atoms with Crippen LogP contribution in [0.2, 0.25) is 0 Å². The molecule has 1 aromatic carbocycles. The molecule has 1 aliphatic rings. The summed E-state index contributed by atoms with van der Waals surface area (Å²) in [7, 11) is 1.69. The molecule has 4 nitrogen and oxygen atoms in total. The largest absolute Gasteiger partial charge is 0.389 e. The Labute approximate surface area is 132 Å². The number of nitrogens with zero attached hydrogens (tertiary/aromatic N) is 1. The van der Waals surface area contributed by atoms with E-state index in [4.69, 9.17) is 18.0 Å². The molecule has 0 aromatic heterocycles. The first-order valence-corrected chi connectivity index (χ1v) is 7.79. The second-order valence-corrected chi connectivity index (χ2v) is 6.20. The molecular weight excluding hydrogens is 338 g/mol. The first-order valence-electron chi connectivity index (χ1n) is 6.59. The Bertz CT molecular complexity index is 527. The van der Waals surface area contributed by atoms with Gasteiger partial charge in [-0.15, -0.1) is 0 Å². The molecule has 0 radical (unpaired) electrons. The normalized spacial score (nSPS) is 16.0. The lowest BCUT2D eigenvalue weighted by Crippen LogP contribution is -2.39. The van der Waals surface area contributed by atoms with Crippen LogP contribution in [0.4, 0.5) is 5.69 Å². The molecule has 6 heteroatoms. The van der Waals surface area contributed by atoms with Crippen LogP contribution >= 0.6 is 28.1 Å². The summed E-state index contributed by atoms with van der Waals surface area (Å²) in [6.07, 6.45) is 1.77. The fraction of sp³-hybridized carbons (Fsp3) is 0.429. The smallest absolute Gasteiger partial charge is 0.222 e. The van der Waals surface area contributed by atoms with Gasteiger partial charge in [-0.3, -0.25) is 4.79 Å². The van der Waals surface area contributed by atoms with E-state index in [-0.39, 0.29) is 11.8 Å². The highest BCUT2D eigenvalue weighted by Crippen LogP contribution is 2.28. The summed E-state index contributed by atoms with van der Waals surface area (Å²) in [5.41, 5.74) is 7.64. The summed E-state index contributed by atoms with van der Waals surface area (Å²) < 4.78 is 0.913. The zero-order chi connectivity index (χ0) is 14.7. The van der Waals surface area contributed by atoms with Crippen LogP contribution in [0.3, 0.4) is 0 Å². The van der Waals surface area contributed by atoms with E-state index in [2.05, 4.69) is 26.1 Å². The number of nitrogens with one attached hydrogen (secondary N) is 1. The molecule has 0 aliphatic carbocycles. The number of amides is 1. The average molecular weight is 356 g/mol. The van der Waals surface area contributed by atoms with Crippen LogP contribution in [-0.2, 0) is 4.79 Å². The van der Waals surface area contributed by atoms with Crippen molar-refractivity contribution in [3.05, 3.63) is 28.2 Å². The van der Waals surface area contributed by atoms with E-state index >= 15 is 0 Å². The number of hydrogen-bond donors (Lipinski definition) is 2. The minimum atomic E-state index is 0.135. The summed E-state index contributed by atoms with van der Waals surface area (Å²) in [6.45, 7) is 1.77. The molecular formula is C14H18BrN3OS. The number of nitrogens with two attached hydrogens (primary N) is 1. The van der Waals surface area contributed by atoms with Gasteiger partial charge in [0.1, 0.15) is 4.99 Å². The Kier molecular flexibility index (Phi) is 4.99. The molecule has 2 rings (SSSR count). The fourth-order valence-electron chi connectivity index (χ4n) is 2.50. The van der Waals surface area contributed by atoms with Gasteiger partial charge in [0.05, 0.1) is 0 Å². The van der Waals surface area contributed by atoms with Crippen molar-refractivity contribution in [3.8, 4) is 0 Å². The Morgan fingerprint density at radius 3 is 2.60 bits per heavy atom. The molecule has 1 heterocycles. The van der Waals surface area contributed by atoms with Gasteiger partial charge in [0.15, 0.2) is 0 Å². The zero-order valence-electron chi connectivity index (χ0n) is 11.4. The maximum Gasteiger partial charge on any atom is 0.222 e. The van der Waals surface area contributed by atoms with Crippen molar-refractivity contribution in [1.29, 1.82) is 0 Å². The first-order chi connectivity index (χ1) is 9.52. The van der Waals surface area contributed by atoms with E-state index in [1.807, 2.05) is 18.2 Å². The topological polar surface area (TPSA) is 58.4 Å². The molecule has 0 bridgehead atoms. The number of carbonyl (C=O) groups is 1. The second kappa shape index (κ2) is 6.54. The highest BCUT2D eigenvalue weighted by atomic mass is 79.9. The summed E-state index contributed by atoms with van der Waals surface area (Å²) in [4.78, 5) is 14.3. The Hall–Kier alpha value is -1.14. The van der Waals surface area contributed by atoms with E-state index < -0.39 is 0 Å². The second-order valence-electron chi connectivity index (χ2n) is 4.90. The third-order valence-electron chi connectivity index (χ3n) is 3.70. The van der Waals surface area contributed by atoms with E-state index in [0.717, 1.165) is 41.7 Å². The van der Waals surface area contributed by atoms with Crippen molar-refractivity contribution >= 4 is 44.7 Å².